The van der Waals surface area contributed by atoms with Gasteiger partial charge in [-0.2, -0.15) is 0 Å². The van der Waals surface area contributed by atoms with Gasteiger partial charge in [0.2, 0.25) is 0 Å². The summed E-state index contributed by atoms with van der Waals surface area (Å²) in [5.41, 5.74) is 9.38. The summed E-state index contributed by atoms with van der Waals surface area (Å²) >= 11 is 0. The second-order valence-electron chi connectivity index (χ2n) is 5.90. The van der Waals surface area contributed by atoms with Crippen LogP contribution in [-0.2, 0) is 18.9 Å². The molecular formula is C15H23N3. The lowest BCUT2D eigenvalue weighted by Crippen LogP contribution is -2.11. The molecule has 0 saturated carbocycles. The second kappa shape index (κ2) is 4.73. The van der Waals surface area contributed by atoms with Crippen LogP contribution < -0.4 is 5.73 Å². The molecule has 2 rings (SSSR count). The maximum atomic E-state index is 5.58. The Balaban J connectivity index is 2.57. The average molecular weight is 245 g/mol. The Hall–Kier alpha value is -1.35. The van der Waals surface area contributed by atoms with E-state index in [0.29, 0.717) is 0 Å². The van der Waals surface area contributed by atoms with E-state index in [1.54, 1.807) is 0 Å². The molecule has 0 amide bonds. The number of rotatable bonds is 3. The van der Waals surface area contributed by atoms with Crippen molar-refractivity contribution < 1.29 is 0 Å². The van der Waals surface area contributed by atoms with Gasteiger partial charge in [-0.1, -0.05) is 32.9 Å². The summed E-state index contributed by atoms with van der Waals surface area (Å²) in [5.74, 6) is 1.13. The van der Waals surface area contributed by atoms with Gasteiger partial charge in [-0.25, -0.2) is 4.98 Å². The van der Waals surface area contributed by atoms with Crippen LogP contribution in [0.3, 0.4) is 0 Å². The summed E-state index contributed by atoms with van der Waals surface area (Å²) in [5, 5.41) is 0. The van der Waals surface area contributed by atoms with E-state index in [-0.39, 0.29) is 5.41 Å². The van der Waals surface area contributed by atoms with Crippen LogP contribution in [0.2, 0.25) is 0 Å². The van der Waals surface area contributed by atoms with Crippen molar-refractivity contribution >= 4 is 11.0 Å². The predicted octanol–water partition coefficient (Wildman–Crippen LogP) is 2.76. The number of nitrogens with two attached hydrogens (primary N) is 1. The third-order valence-corrected chi connectivity index (χ3v) is 3.42. The first kappa shape index (κ1) is 13.1. The van der Waals surface area contributed by atoms with Crippen LogP contribution in [0.1, 0.15) is 38.6 Å². The van der Waals surface area contributed by atoms with Crippen molar-refractivity contribution in [2.24, 2.45) is 12.8 Å². The van der Waals surface area contributed by atoms with E-state index in [4.69, 9.17) is 10.7 Å². The summed E-state index contributed by atoms with van der Waals surface area (Å²) in [7, 11) is 2.09. The molecule has 0 saturated heterocycles. The molecule has 2 aromatic rings. The van der Waals surface area contributed by atoms with Gasteiger partial charge in [0.25, 0.3) is 0 Å². The normalized spacial score (nSPS) is 12.3. The Morgan fingerprint density at radius 1 is 1.28 bits per heavy atom. The molecule has 1 heterocycles. The Kier molecular flexibility index (Phi) is 3.44. The van der Waals surface area contributed by atoms with E-state index in [2.05, 4.69) is 50.6 Å². The van der Waals surface area contributed by atoms with E-state index < -0.39 is 0 Å². The summed E-state index contributed by atoms with van der Waals surface area (Å²) in [6.45, 7) is 7.41. The maximum Gasteiger partial charge on any atom is 0.109 e. The van der Waals surface area contributed by atoms with E-state index >= 15 is 0 Å². The molecule has 18 heavy (non-hydrogen) atoms. The van der Waals surface area contributed by atoms with Crippen molar-refractivity contribution in [1.29, 1.82) is 0 Å². The molecular weight excluding hydrogens is 222 g/mol. The van der Waals surface area contributed by atoms with Crippen LogP contribution in [0.5, 0.6) is 0 Å². The molecule has 2 N–H and O–H groups in total. The van der Waals surface area contributed by atoms with Gasteiger partial charge in [0.1, 0.15) is 5.82 Å². The molecule has 0 fully saturated rings. The maximum absolute atomic E-state index is 5.58. The molecule has 98 valence electrons. The molecule has 3 heteroatoms. The molecule has 0 aliphatic carbocycles. The number of para-hydroxylation sites is 1. The minimum absolute atomic E-state index is 0.124. The van der Waals surface area contributed by atoms with Gasteiger partial charge in [-0.05, 0) is 30.0 Å². The molecule has 0 bridgehead atoms. The van der Waals surface area contributed by atoms with Crippen molar-refractivity contribution in [3.63, 3.8) is 0 Å². The zero-order valence-corrected chi connectivity index (χ0v) is 11.8. The second-order valence-corrected chi connectivity index (χ2v) is 5.90. The van der Waals surface area contributed by atoms with Crippen LogP contribution in [0.15, 0.2) is 18.2 Å². The summed E-state index contributed by atoms with van der Waals surface area (Å²) < 4.78 is 2.19. The molecule has 0 atom stereocenters. The lowest BCUT2D eigenvalue weighted by Gasteiger charge is -2.19. The van der Waals surface area contributed by atoms with Crippen molar-refractivity contribution in [2.45, 2.75) is 39.0 Å². The van der Waals surface area contributed by atoms with Gasteiger partial charge in [0.15, 0.2) is 0 Å². The van der Waals surface area contributed by atoms with Gasteiger partial charge in [0.05, 0.1) is 11.0 Å². The van der Waals surface area contributed by atoms with Crippen molar-refractivity contribution in [1.82, 2.24) is 9.55 Å². The highest BCUT2D eigenvalue weighted by Gasteiger charge is 2.19. The lowest BCUT2D eigenvalue weighted by atomic mass is 9.86. The fourth-order valence-electron chi connectivity index (χ4n) is 2.35. The largest absolute Gasteiger partial charge is 0.331 e. The van der Waals surface area contributed by atoms with E-state index in [0.717, 1.165) is 30.7 Å². The van der Waals surface area contributed by atoms with Gasteiger partial charge in [-0.3, -0.25) is 0 Å². The van der Waals surface area contributed by atoms with Crippen LogP contribution in [0.4, 0.5) is 0 Å². The van der Waals surface area contributed by atoms with Crippen molar-refractivity contribution in [3.05, 3.63) is 29.6 Å². The minimum atomic E-state index is 0.124. The Morgan fingerprint density at radius 2 is 2.00 bits per heavy atom. The standard InChI is InChI=1S/C15H23N3/c1-15(2,3)11-7-5-8-12-14(11)17-13(18(12)4)9-6-10-16/h5,7-8H,6,9-10,16H2,1-4H3. The smallest absolute Gasteiger partial charge is 0.109 e. The summed E-state index contributed by atoms with van der Waals surface area (Å²) in [6, 6.07) is 6.45. The van der Waals surface area contributed by atoms with Gasteiger partial charge in [0, 0.05) is 13.5 Å². The molecule has 0 spiro atoms. The summed E-state index contributed by atoms with van der Waals surface area (Å²) in [4.78, 5) is 4.82. The molecule has 0 radical (unpaired) electrons. The first-order valence-electron chi connectivity index (χ1n) is 6.60. The SMILES string of the molecule is Cn1c(CCCN)nc2c(C(C)(C)C)cccc21. The van der Waals surface area contributed by atoms with Crippen LogP contribution in [0.25, 0.3) is 11.0 Å². The number of aryl methyl sites for hydroxylation is 2. The fourth-order valence-corrected chi connectivity index (χ4v) is 2.35. The molecule has 0 aliphatic heterocycles. The third kappa shape index (κ3) is 2.27. The number of aromatic nitrogens is 2. The highest BCUT2D eigenvalue weighted by molar-refractivity contribution is 5.80. The van der Waals surface area contributed by atoms with Crippen molar-refractivity contribution in [3.8, 4) is 0 Å². The topological polar surface area (TPSA) is 43.8 Å². The zero-order valence-electron chi connectivity index (χ0n) is 11.8. The number of fused-ring (bicyclic) bond motifs is 1. The molecule has 3 nitrogen and oxygen atoms in total. The highest BCUT2D eigenvalue weighted by atomic mass is 15.1. The van der Waals surface area contributed by atoms with Gasteiger partial charge in [-0.15, -0.1) is 0 Å². The first-order valence-corrected chi connectivity index (χ1v) is 6.60. The Labute approximate surface area is 109 Å². The number of benzene rings is 1. The number of nitrogens with zero attached hydrogens (tertiary/aromatic N) is 2. The zero-order chi connectivity index (χ0) is 13.3. The minimum Gasteiger partial charge on any atom is -0.331 e. The Morgan fingerprint density at radius 3 is 2.61 bits per heavy atom. The molecule has 1 aromatic carbocycles. The van der Waals surface area contributed by atoms with E-state index in [1.165, 1.54) is 11.1 Å². The van der Waals surface area contributed by atoms with Crippen LogP contribution in [-0.4, -0.2) is 16.1 Å². The van der Waals surface area contributed by atoms with E-state index in [1.807, 2.05) is 0 Å². The number of hydrogen-bond donors (Lipinski definition) is 1. The predicted molar refractivity (Wildman–Crippen MR) is 76.8 cm³/mol. The third-order valence-electron chi connectivity index (χ3n) is 3.42. The Bertz CT molecular complexity index is 547. The van der Waals surface area contributed by atoms with Gasteiger partial charge >= 0.3 is 0 Å². The molecule has 0 aliphatic rings. The quantitative estimate of drug-likeness (QED) is 0.903. The molecule has 1 aromatic heterocycles. The van der Waals surface area contributed by atoms with Gasteiger partial charge < -0.3 is 10.3 Å². The lowest BCUT2D eigenvalue weighted by molar-refractivity contribution is 0.594. The number of imidazole rings is 1. The molecule has 0 unspecified atom stereocenters. The first-order chi connectivity index (χ1) is 8.45. The number of hydrogen-bond acceptors (Lipinski definition) is 2. The summed E-state index contributed by atoms with van der Waals surface area (Å²) in [6.07, 6.45) is 1.94. The van der Waals surface area contributed by atoms with Crippen molar-refractivity contribution in [2.75, 3.05) is 6.54 Å². The van der Waals surface area contributed by atoms with E-state index in [9.17, 15) is 0 Å². The monoisotopic (exact) mass is 245 g/mol. The fraction of sp³-hybridized carbons (Fsp3) is 0.533. The van der Waals surface area contributed by atoms with Crippen LogP contribution >= 0.6 is 0 Å². The average Bonchev–Trinajstić information content (AvgIpc) is 2.62. The highest BCUT2D eigenvalue weighted by Crippen LogP contribution is 2.29. The van der Waals surface area contributed by atoms with Crippen LogP contribution in [0, 0.1) is 0 Å².